The lowest BCUT2D eigenvalue weighted by molar-refractivity contribution is 0.370. The van der Waals surface area contributed by atoms with E-state index in [-0.39, 0.29) is 0 Å². The predicted molar refractivity (Wildman–Crippen MR) is 53.2 cm³/mol. The van der Waals surface area contributed by atoms with Crippen LogP contribution in [0.4, 0.5) is 0 Å². The first-order chi connectivity index (χ1) is 6.43. The maximum atomic E-state index is 5.31. The molecule has 64 valence electrons. The van der Waals surface area contributed by atoms with Crippen LogP contribution in [0.5, 0.6) is 5.75 Å². The zero-order chi connectivity index (χ0) is 9.36. The van der Waals surface area contributed by atoms with E-state index in [1.807, 2.05) is 30.3 Å². The standard InChI is InChI=1S/C12H10O/c1-2-3-4-8-11-13-12-9-6-5-7-10-12/h5-7,9-10H,11H2,1H3. The predicted octanol–water partition coefficient (Wildman–Crippen LogP) is 2.09. The van der Waals surface area contributed by atoms with Crippen molar-refractivity contribution in [3.63, 3.8) is 0 Å². The average Bonchev–Trinajstić information content (AvgIpc) is 2.19. The van der Waals surface area contributed by atoms with E-state index in [0.29, 0.717) is 6.61 Å². The molecule has 0 fully saturated rings. The summed E-state index contributed by atoms with van der Waals surface area (Å²) >= 11 is 0. The number of rotatable bonds is 2. The second-order valence-electron chi connectivity index (χ2n) is 2.28. The molecule has 0 radical (unpaired) electrons. The van der Waals surface area contributed by atoms with E-state index in [9.17, 15) is 0 Å². The van der Waals surface area contributed by atoms with Crippen molar-refractivity contribution >= 4 is 0 Å². The minimum atomic E-state index is 0.388. The summed E-state index contributed by atoms with van der Waals surface area (Å²) in [7, 11) is 0. The van der Waals surface area contributed by atoms with Gasteiger partial charge in [-0.3, -0.25) is 0 Å². The summed E-state index contributed by atoms with van der Waals surface area (Å²) in [5.74, 6) is 11.6. The van der Waals surface area contributed by atoms with E-state index in [0.717, 1.165) is 5.75 Å². The lowest BCUT2D eigenvalue weighted by Crippen LogP contribution is -1.92. The molecular weight excluding hydrogens is 160 g/mol. The molecule has 0 saturated heterocycles. The van der Waals surface area contributed by atoms with Gasteiger partial charge in [0, 0.05) is 0 Å². The fourth-order valence-electron chi connectivity index (χ4n) is 0.779. The van der Waals surface area contributed by atoms with E-state index in [1.165, 1.54) is 0 Å². The Kier molecular flexibility index (Phi) is 4.08. The Morgan fingerprint density at radius 1 is 1.15 bits per heavy atom. The fraction of sp³-hybridized carbons (Fsp3) is 0.167. The van der Waals surface area contributed by atoms with Gasteiger partial charge in [-0.25, -0.2) is 0 Å². The van der Waals surface area contributed by atoms with E-state index in [1.54, 1.807) is 6.92 Å². The minimum Gasteiger partial charge on any atom is -0.481 e. The van der Waals surface area contributed by atoms with E-state index < -0.39 is 0 Å². The molecule has 13 heavy (non-hydrogen) atoms. The Bertz CT molecular complexity index is 357. The Balaban J connectivity index is 2.36. The largest absolute Gasteiger partial charge is 0.481 e. The van der Waals surface area contributed by atoms with Crippen molar-refractivity contribution in [2.45, 2.75) is 6.92 Å². The molecule has 0 aliphatic rings. The monoisotopic (exact) mass is 170 g/mol. The second kappa shape index (κ2) is 5.75. The molecule has 0 aromatic heterocycles. The van der Waals surface area contributed by atoms with Gasteiger partial charge in [0.15, 0.2) is 0 Å². The Labute approximate surface area is 78.7 Å². The van der Waals surface area contributed by atoms with Crippen molar-refractivity contribution < 1.29 is 4.74 Å². The number of hydrogen-bond donors (Lipinski definition) is 0. The van der Waals surface area contributed by atoms with Crippen LogP contribution in [0.3, 0.4) is 0 Å². The Morgan fingerprint density at radius 2 is 1.92 bits per heavy atom. The first kappa shape index (κ1) is 9.23. The van der Waals surface area contributed by atoms with Crippen molar-refractivity contribution in [3.8, 4) is 29.4 Å². The summed E-state index contributed by atoms with van der Waals surface area (Å²) < 4.78 is 5.31. The zero-order valence-corrected chi connectivity index (χ0v) is 7.50. The third-order valence-electron chi connectivity index (χ3n) is 1.33. The summed E-state index contributed by atoms with van der Waals surface area (Å²) in [6.45, 7) is 2.14. The maximum absolute atomic E-state index is 5.31. The molecule has 0 saturated carbocycles. The number of para-hydroxylation sites is 1. The SMILES string of the molecule is CC#CC#CCOc1ccccc1. The van der Waals surface area contributed by atoms with Gasteiger partial charge in [-0.2, -0.15) is 0 Å². The molecule has 0 N–H and O–H groups in total. The van der Waals surface area contributed by atoms with E-state index >= 15 is 0 Å². The van der Waals surface area contributed by atoms with Crippen LogP contribution in [-0.2, 0) is 0 Å². The Morgan fingerprint density at radius 3 is 2.62 bits per heavy atom. The van der Waals surface area contributed by atoms with E-state index in [2.05, 4.69) is 23.7 Å². The van der Waals surface area contributed by atoms with Crippen LogP contribution in [0, 0.1) is 23.7 Å². The molecule has 1 aromatic carbocycles. The highest BCUT2D eigenvalue weighted by Crippen LogP contribution is 2.06. The normalized spacial score (nSPS) is 7.46. The molecule has 0 aliphatic carbocycles. The highest BCUT2D eigenvalue weighted by Gasteiger charge is 1.85. The van der Waals surface area contributed by atoms with Crippen LogP contribution >= 0.6 is 0 Å². The summed E-state index contributed by atoms with van der Waals surface area (Å²) in [6, 6.07) is 9.59. The van der Waals surface area contributed by atoms with Gasteiger partial charge >= 0.3 is 0 Å². The number of hydrogen-bond acceptors (Lipinski definition) is 1. The third kappa shape index (κ3) is 3.89. The molecule has 1 aromatic rings. The van der Waals surface area contributed by atoms with Crippen LogP contribution < -0.4 is 4.74 Å². The highest BCUT2D eigenvalue weighted by molar-refractivity contribution is 5.26. The third-order valence-corrected chi connectivity index (χ3v) is 1.33. The van der Waals surface area contributed by atoms with Gasteiger partial charge in [-0.15, -0.1) is 0 Å². The molecule has 0 amide bonds. The lowest BCUT2D eigenvalue weighted by Gasteiger charge is -1.98. The van der Waals surface area contributed by atoms with Crippen molar-refractivity contribution in [1.82, 2.24) is 0 Å². The number of benzene rings is 1. The quantitative estimate of drug-likeness (QED) is 0.617. The van der Waals surface area contributed by atoms with Gasteiger partial charge in [0.1, 0.15) is 12.4 Å². The summed E-state index contributed by atoms with van der Waals surface area (Å²) in [4.78, 5) is 0. The molecular formula is C12H10O. The fourth-order valence-corrected chi connectivity index (χ4v) is 0.779. The first-order valence-electron chi connectivity index (χ1n) is 4.01. The van der Waals surface area contributed by atoms with E-state index in [4.69, 9.17) is 4.74 Å². The summed E-state index contributed by atoms with van der Waals surface area (Å²) in [5, 5.41) is 0. The van der Waals surface area contributed by atoms with Gasteiger partial charge in [-0.05, 0) is 36.8 Å². The van der Waals surface area contributed by atoms with Crippen LogP contribution in [0.2, 0.25) is 0 Å². The van der Waals surface area contributed by atoms with Crippen molar-refractivity contribution in [2.24, 2.45) is 0 Å². The lowest BCUT2D eigenvalue weighted by atomic mass is 10.3. The van der Waals surface area contributed by atoms with Gasteiger partial charge in [0.05, 0.1) is 0 Å². The zero-order valence-electron chi connectivity index (χ0n) is 7.50. The molecule has 0 spiro atoms. The minimum absolute atomic E-state index is 0.388. The molecule has 0 unspecified atom stereocenters. The average molecular weight is 170 g/mol. The molecule has 0 heterocycles. The van der Waals surface area contributed by atoms with Crippen LogP contribution in [0.25, 0.3) is 0 Å². The molecule has 0 atom stereocenters. The van der Waals surface area contributed by atoms with Gasteiger partial charge < -0.3 is 4.74 Å². The smallest absolute Gasteiger partial charge is 0.150 e. The maximum Gasteiger partial charge on any atom is 0.150 e. The van der Waals surface area contributed by atoms with Crippen LogP contribution in [0.15, 0.2) is 30.3 Å². The van der Waals surface area contributed by atoms with Crippen LogP contribution in [0.1, 0.15) is 6.92 Å². The molecule has 0 bridgehead atoms. The molecule has 0 aliphatic heterocycles. The van der Waals surface area contributed by atoms with Gasteiger partial charge in [0.2, 0.25) is 0 Å². The van der Waals surface area contributed by atoms with Gasteiger partial charge in [-0.1, -0.05) is 24.1 Å². The van der Waals surface area contributed by atoms with Gasteiger partial charge in [0.25, 0.3) is 0 Å². The van der Waals surface area contributed by atoms with Crippen molar-refractivity contribution in [2.75, 3.05) is 6.61 Å². The molecule has 1 heteroatoms. The second-order valence-corrected chi connectivity index (χ2v) is 2.28. The highest BCUT2D eigenvalue weighted by atomic mass is 16.5. The Hall–Kier alpha value is -1.86. The number of ether oxygens (including phenoxy) is 1. The molecule has 1 rings (SSSR count). The summed E-state index contributed by atoms with van der Waals surface area (Å²) in [6.07, 6.45) is 0. The van der Waals surface area contributed by atoms with Crippen molar-refractivity contribution in [1.29, 1.82) is 0 Å². The topological polar surface area (TPSA) is 9.23 Å². The molecule has 1 nitrogen and oxygen atoms in total. The first-order valence-corrected chi connectivity index (χ1v) is 4.01. The van der Waals surface area contributed by atoms with Crippen molar-refractivity contribution in [3.05, 3.63) is 30.3 Å². The van der Waals surface area contributed by atoms with Crippen LogP contribution in [-0.4, -0.2) is 6.61 Å². The summed E-state index contributed by atoms with van der Waals surface area (Å²) in [5.41, 5.74) is 0.